The second-order valence-corrected chi connectivity index (χ2v) is 5.80. The third kappa shape index (κ3) is 3.77. The summed E-state index contributed by atoms with van der Waals surface area (Å²) in [5.74, 6) is 1.41. The van der Waals surface area contributed by atoms with Gasteiger partial charge in [0.05, 0.1) is 24.3 Å². The lowest BCUT2D eigenvalue weighted by molar-refractivity contribution is -0.134. The summed E-state index contributed by atoms with van der Waals surface area (Å²) in [5.41, 5.74) is 0.810. The van der Waals surface area contributed by atoms with Gasteiger partial charge in [0, 0.05) is 10.5 Å². The number of ether oxygens (including phenoxy) is 2. The Morgan fingerprint density at radius 1 is 1.24 bits per heavy atom. The van der Waals surface area contributed by atoms with E-state index >= 15 is 0 Å². The van der Waals surface area contributed by atoms with E-state index in [0.717, 1.165) is 14.5 Å². The Morgan fingerprint density at radius 2 is 2.00 bits per heavy atom. The van der Waals surface area contributed by atoms with Gasteiger partial charge in [0.25, 0.3) is 0 Å². The van der Waals surface area contributed by atoms with Crippen LogP contribution in [-0.4, -0.2) is 20.2 Å². The van der Waals surface area contributed by atoms with Gasteiger partial charge in [-0.1, -0.05) is 15.9 Å². The van der Waals surface area contributed by atoms with E-state index in [1.165, 1.54) is 13.2 Å². The lowest BCUT2D eigenvalue weighted by atomic mass is 10.1. The molecular weight excluding hydrogens is 404 g/mol. The van der Waals surface area contributed by atoms with E-state index in [-0.39, 0.29) is 0 Å². The highest BCUT2D eigenvalue weighted by Crippen LogP contribution is 2.38. The molecule has 2 aromatic rings. The summed E-state index contributed by atoms with van der Waals surface area (Å²) in [7, 11) is 2.92. The number of benzene rings is 1. The zero-order valence-corrected chi connectivity index (χ0v) is 14.5. The molecular formula is C15H12Br2O4. The quantitative estimate of drug-likeness (QED) is 0.537. The fraction of sp³-hybridized carbons (Fsp3) is 0.133. The van der Waals surface area contributed by atoms with Crippen LogP contribution in [0, 0.1) is 0 Å². The van der Waals surface area contributed by atoms with Crippen LogP contribution in [0.2, 0.25) is 0 Å². The third-order valence-corrected chi connectivity index (χ3v) is 3.78. The largest absolute Gasteiger partial charge is 0.496 e. The number of carbonyl (C=O) groups excluding carboxylic acids is 1. The van der Waals surface area contributed by atoms with Crippen molar-refractivity contribution in [2.75, 3.05) is 14.2 Å². The van der Waals surface area contributed by atoms with Crippen molar-refractivity contribution in [3.8, 4) is 17.1 Å². The van der Waals surface area contributed by atoms with Gasteiger partial charge >= 0.3 is 5.97 Å². The maximum Gasteiger partial charge on any atom is 0.330 e. The molecule has 1 heterocycles. The Morgan fingerprint density at radius 3 is 2.67 bits per heavy atom. The summed E-state index contributed by atoms with van der Waals surface area (Å²) < 4.78 is 17.3. The second kappa shape index (κ2) is 6.95. The van der Waals surface area contributed by atoms with Gasteiger partial charge in [0.2, 0.25) is 0 Å². The van der Waals surface area contributed by atoms with Crippen LogP contribution in [0.25, 0.3) is 17.4 Å². The molecule has 0 fully saturated rings. The summed E-state index contributed by atoms with van der Waals surface area (Å²) in [6, 6.07) is 7.42. The predicted octanol–water partition coefficient (Wildman–Crippen LogP) is 4.67. The molecule has 0 aliphatic rings. The number of furan rings is 1. The van der Waals surface area contributed by atoms with Crippen LogP contribution in [0.15, 0.2) is 43.7 Å². The number of esters is 1. The van der Waals surface area contributed by atoms with E-state index in [1.54, 1.807) is 19.3 Å². The van der Waals surface area contributed by atoms with Gasteiger partial charge in [0.1, 0.15) is 11.5 Å². The molecule has 0 amide bonds. The molecule has 0 spiro atoms. The second-order valence-electron chi connectivity index (χ2n) is 4.03. The molecule has 0 aliphatic carbocycles. The maximum absolute atomic E-state index is 11.1. The number of halogens is 2. The first-order chi connectivity index (χ1) is 10.0. The lowest BCUT2D eigenvalue weighted by Gasteiger charge is -2.07. The summed E-state index contributed by atoms with van der Waals surface area (Å²) in [6.45, 7) is 0. The van der Waals surface area contributed by atoms with Crippen molar-refractivity contribution < 1.29 is 18.7 Å². The van der Waals surface area contributed by atoms with Crippen LogP contribution in [0.1, 0.15) is 5.76 Å². The van der Waals surface area contributed by atoms with Crippen molar-refractivity contribution in [1.82, 2.24) is 0 Å². The molecule has 0 unspecified atom stereocenters. The monoisotopic (exact) mass is 414 g/mol. The molecule has 4 nitrogen and oxygen atoms in total. The molecule has 6 heteroatoms. The predicted molar refractivity (Wildman–Crippen MR) is 87.1 cm³/mol. The van der Waals surface area contributed by atoms with E-state index in [2.05, 4.69) is 36.6 Å². The molecule has 0 saturated carbocycles. The molecule has 1 aromatic carbocycles. The molecule has 0 atom stereocenters. The number of hydrogen-bond donors (Lipinski definition) is 0. The van der Waals surface area contributed by atoms with Crippen molar-refractivity contribution in [2.45, 2.75) is 0 Å². The molecule has 0 bridgehead atoms. The van der Waals surface area contributed by atoms with Gasteiger partial charge in [-0.15, -0.1) is 0 Å². The Balaban J connectivity index is 2.40. The van der Waals surface area contributed by atoms with Crippen molar-refractivity contribution in [3.05, 3.63) is 45.0 Å². The molecule has 1 aromatic heterocycles. The van der Waals surface area contributed by atoms with E-state index in [0.29, 0.717) is 17.3 Å². The summed E-state index contributed by atoms with van der Waals surface area (Å²) in [4.78, 5) is 11.1. The summed E-state index contributed by atoms with van der Waals surface area (Å²) >= 11 is 6.85. The third-order valence-electron chi connectivity index (χ3n) is 2.70. The highest BCUT2D eigenvalue weighted by atomic mass is 79.9. The van der Waals surface area contributed by atoms with Crippen molar-refractivity contribution in [1.29, 1.82) is 0 Å². The minimum atomic E-state index is -0.440. The zero-order chi connectivity index (χ0) is 15.4. The van der Waals surface area contributed by atoms with Gasteiger partial charge in [0.15, 0.2) is 5.76 Å². The molecule has 110 valence electrons. The van der Waals surface area contributed by atoms with E-state index in [4.69, 9.17) is 9.15 Å². The fourth-order valence-corrected chi connectivity index (χ4v) is 2.58. The molecule has 0 N–H and O–H groups in total. The number of methoxy groups -OCH3 is 2. The Hall–Kier alpha value is -1.53. The maximum atomic E-state index is 11.1. The Kier molecular flexibility index (Phi) is 5.25. The molecule has 0 aliphatic heterocycles. The molecule has 0 radical (unpaired) electrons. The van der Waals surface area contributed by atoms with Crippen molar-refractivity contribution in [3.63, 3.8) is 0 Å². The normalized spacial score (nSPS) is 10.9. The highest BCUT2D eigenvalue weighted by Gasteiger charge is 2.15. The first-order valence-electron chi connectivity index (χ1n) is 5.94. The Labute approximate surface area is 139 Å². The van der Waals surface area contributed by atoms with Crippen LogP contribution in [0.3, 0.4) is 0 Å². The van der Waals surface area contributed by atoms with Crippen LogP contribution >= 0.6 is 31.9 Å². The van der Waals surface area contributed by atoms with Crippen molar-refractivity contribution >= 4 is 43.9 Å². The van der Waals surface area contributed by atoms with E-state index in [1.807, 2.05) is 18.2 Å². The summed E-state index contributed by atoms with van der Waals surface area (Å²) in [6.07, 6.45) is 2.85. The average Bonchev–Trinajstić information content (AvgIpc) is 2.85. The lowest BCUT2D eigenvalue weighted by Crippen LogP contribution is -1.92. The first-order valence-corrected chi connectivity index (χ1v) is 7.53. The zero-order valence-electron chi connectivity index (χ0n) is 11.4. The fourth-order valence-electron chi connectivity index (χ4n) is 1.72. The van der Waals surface area contributed by atoms with Gasteiger partial charge in [-0.2, -0.15) is 0 Å². The smallest absolute Gasteiger partial charge is 0.330 e. The topological polar surface area (TPSA) is 48.7 Å². The minimum Gasteiger partial charge on any atom is -0.496 e. The SMILES string of the molecule is COC(=O)/C=C/c1cc(Br)c(-c2ccc(Br)cc2OC)o1. The standard InChI is InChI=1S/C15H12Br2O4/c1-19-13-7-9(16)3-5-11(13)15-12(17)8-10(21-15)4-6-14(18)20-2/h3-8H,1-2H3/b6-4+. The molecule has 0 saturated heterocycles. The number of hydrogen-bond acceptors (Lipinski definition) is 4. The van der Waals surface area contributed by atoms with Gasteiger partial charge < -0.3 is 13.9 Å². The number of rotatable bonds is 4. The molecule has 2 rings (SSSR count). The van der Waals surface area contributed by atoms with Crippen LogP contribution in [-0.2, 0) is 9.53 Å². The van der Waals surface area contributed by atoms with Crippen LogP contribution in [0.5, 0.6) is 5.75 Å². The minimum absolute atomic E-state index is 0.440. The van der Waals surface area contributed by atoms with Gasteiger partial charge in [-0.25, -0.2) is 4.79 Å². The van der Waals surface area contributed by atoms with Gasteiger partial charge in [-0.05, 0) is 46.3 Å². The van der Waals surface area contributed by atoms with Crippen LogP contribution in [0.4, 0.5) is 0 Å². The van der Waals surface area contributed by atoms with E-state index < -0.39 is 5.97 Å². The highest BCUT2D eigenvalue weighted by molar-refractivity contribution is 9.10. The molecule has 21 heavy (non-hydrogen) atoms. The Bertz CT molecular complexity index is 689. The van der Waals surface area contributed by atoms with Crippen LogP contribution < -0.4 is 4.74 Å². The van der Waals surface area contributed by atoms with Gasteiger partial charge in [-0.3, -0.25) is 0 Å². The first kappa shape index (κ1) is 15.9. The summed E-state index contributed by atoms with van der Waals surface area (Å²) in [5, 5.41) is 0. The van der Waals surface area contributed by atoms with E-state index in [9.17, 15) is 4.79 Å². The average molecular weight is 416 g/mol. The van der Waals surface area contributed by atoms with Crippen molar-refractivity contribution in [2.24, 2.45) is 0 Å². The number of carbonyl (C=O) groups is 1.